The number of carbonyl (C=O) groups excluding carboxylic acids is 3. The molecule has 2 aliphatic rings. The van der Waals surface area contributed by atoms with Crippen molar-refractivity contribution in [2.24, 2.45) is 17.6 Å². The zero-order valence-electron chi connectivity index (χ0n) is 11.1. The van der Waals surface area contributed by atoms with Crippen molar-refractivity contribution in [3.05, 3.63) is 0 Å². The molecule has 6 heteroatoms. The van der Waals surface area contributed by atoms with E-state index in [-0.39, 0.29) is 30.2 Å². The molecule has 2 fully saturated rings. The molecule has 4 N–H and O–H groups in total. The second-order valence-electron chi connectivity index (χ2n) is 5.70. The maximum Gasteiger partial charge on any atom is 0.249 e. The molecule has 0 aromatic carbocycles. The van der Waals surface area contributed by atoms with Crippen molar-refractivity contribution in [3.63, 3.8) is 0 Å². The summed E-state index contributed by atoms with van der Waals surface area (Å²) in [5.41, 5.74) is 5.99. The Balaban J connectivity index is 1.93. The molecule has 1 saturated heterocycles. The summed E-state index contributed by atoms with van der Waals surface area (Å²) in [6.07, 6.45) is 3.29. The van der Waals surface area contributed by atoms with Crippen LogP contribution in [0.4, 0.5) is 0 Å². The minimum Gasteiger partial charge on any atom is -0.344 e. The van der Waals surface area contributed by atoms with E-state index in [1.54, 1.807) is 0 Å². The van der Waals surface area contributed by atoms with Crippen LogP contribution in [0.3, 0.4) is 0 Å². The molecule has 2 rings (SSSR count). The van der Waals surface area contributed by atoms with Crippen molar-refractivity contribution < 1.29 is 14.4 Å². The number of nitrogens with two attached hydrogens (primary N) is 1. The minimum atomic E-state index is -0.602. The normalized spacial score (nSPS) is 35.7. The Hall–Kier alpha value is -1.43. The average molecular weight is 267 g/mol. The van der Waals surface area contributed by atoms with Crippen LogP contribution in [0, 0.1) is 11.8 Å². The van der Waals surface area contributed by atoms with Gasteiger partial charge in [0.1, 0.15) is 6.04 Å². The number of nitrogens with one attached hydrogen (secondary N) is 2. The lowest BCUT2D eigenvalue weighted by Gasteiger charge is -2.33. The zero-order valence-corrected chi connectivity index (χ0v) is 11.1. The number of rotatable bonds is 2. The lowest BCUT2D eigenvalue weighted by atomic mass is 9.78. The second kappa shape index (κ2) is 5.69. The molecule has 19 heavy (non-hydrogen) atoms. The summed E-state index contributed by atoms with van der Waals surface area (Å²) in [5, 5.41) is 4.96. The molecular weight excluding hydrogens is 246 g/mol. The van der Waals surface area contributed by atoms with Gasteiger partial charge < -0.3 is 11.1 Å². The van der Waals surface area contributed by atoms with Crippen LogP contribution in [0.15, 0.2) is 0 Å². The Morgan fingerprint density at radius 1 is 1.32 bits per heavy atom. The summed E-state index contributed by atoms with van der Waals surface area (Å²) in [6.45, 7) is 2.11. The van der Waals surface area contributed by atoms with E-state index in [4.69, 9.17) is 5.73 Å². The van der Waals surface area contributed by atoms with Crippen LogP contribution < -0.4 is 16.4 Å². The number of carbonyl (C=O) groups is 3. The molecule has 106 valence electrons. The third kappa shape index (κ3) is 3.32. The van der Waals surface area contributed by atoms with E-state index in [0.717, 1.165) is 19.3 Å². The number of amides is 3. The van der Waals surface area contributed by atoms with Gasteiger partial charge in [-0.2, -0.15) is 0 Å². The predicted molar refractivity (Wildman–Crippen MR) is 68.8 cm³/mol. The maximum absolute atomic E-state index is 12.2. The molecule has 0 aromatic rings. The van der Waals surface area contributed by atoms with Crippen LogP contribution in [-0.2, 0) is 14.4 Å². The van der Waals surface area contributed by atoms with Gasteiger partial charge in [-0.15, -0.1) is 0 Å². The summed E-state index contributed by atoms with van der Waals surface area (Å²) in [5.74, 6) is -0.597. The van der Waals surface area contributed by atoms with Crippen molar-refractivity contribution >= 4 is 17.7 Å². The van der Waals surface area contributed by atoms with Crippen LogP contribution in [0.2, 0.25) is 0 Å². The van der Waals surface area contributed by atoms with Gasteiger partial charge in [-0.05, 0) is 31.6 Å². The summed E-state index contributed by atoms with van der Waals surface area (Å²) >= 11 is 0. The summed E-state index contributed by atoms with van der Waals surface area (Å²) < 4.78 is 0. The van der Waals surface area contributed by atoms with Gasteiger partial charge in [0.05, 0.1) is 5.92 Å². The molecule has 0 radical (unpaired) electrons. The van der Waals surface area contributed by atoms with Crippen LogP contribution >= 0.6 is 0 Å². The Bertz CT molecular complexity index is 397. The first-order valence-electron chi connectivity index (χ1n) is 6.87. The van der Waals surface area contributed by atoms with E-state index in [0.29, 0.717) is 12.3 Å². The lowest BCUT2D eigenvalue weighted by molar-refractivity contribution is -0.138. The van der Waals surface area contributed by atoms with Crippen molar-refractivity contribution in [1.82, 2.24) is 10.6 Å². The highest BCUT2D eigenvalue weighted by molar-refractivity contribution is 6.01. The highest BCUT2D eigenvalue weighted by Crippen LogP contribution is 2.28. The predicted octanol–water partition coefficient (Wildman–Crippen LogP) is -0.329. The van der Waals surface area contributed by atoms with Gasteiger partial charge in [0.25, 0.3) is 0 Å². The summed E-state index contributed by atoms with van der Waals surface area (Å²) in [7, 11) is 0. The average Bonchev–Trinajstić information content (AvgIpc) is 2.35. The van der Waals surface area contributed by atoms with Crippen LogP contribution in [0.5, 0.6) is 0 Å². The first-order valence-corrected chi connectivity index (χ1v) is 6.87. The standard InChI is InChI=1S/C13H21N3O3/c1-7-2-3-9(14)8(6-7)12(18)15-10-4-5-11(17)16-13(10)19/h7-10H,2-6,14H2,1H3,(H,15,18)(H,16,17,19). The topological polar surface area (TPSA) is 101 Å². The van der Waals surface area contributed by atoms with Crippen LogP contribution in [-0.4, -0.2) is 29.8 Å². The van der Waals surface area contributed by atoms with E-state index >= 15 is 0 Å². The fourth-order valence-electron chi connectivity index (χ4n) is 2.82. The fourth-order valence-corrected chi connectivity index (χ4v) is 2.82. The first kappa shape index (κ1) is 14.0. The molecule has 0 bridgehead atoms. The zero-order chi connectivity index (χ0) is 14.0. The van der Waals surface area contributed by atoms with E-state index < -0.39 is 11.9 Å². The van der Waals surface area contributed by atoms with Crippen molar-refractivity contribution in [1.29, 1.82) is 0 Å². The summed E-state index contributed by atoms with van der Waals surface area (Å²) in [6, 6.07) is -0.737. The fraction of sp³-hybridized carbons (Fsp3) is 0.769. The van der Waals surface area contributed by atoms with Crippen LogP contribution in [0.1, 0.15) is 39.0 Å². The molecule has 1 saturated carbocycles. The molecule has 4 atom stereocenters. The van der Waals surface area contributed by atoms with Gasteiger partial charge in [0.2, 0.25) is 17.7 Å². The Kier molecular flexibility index (Phi) is 4.19. The highest BCUT2D eigenvalue weighted by atomic mass is 16.2. The van der Waals surface area contributed by atoms with Gasteiger partial charge in [-0.3, -0.25) is 19.7 Å². The third-order valence-electron chi connectivity index (χ3n) is 4.06. The van der Waals surface area contributed by atoms with Crippen molar-refractivity contribution in [2.75, 3.05) is 0 Å². The molecule has 4 unspecified atom stereocenters. The van der Waals surface area contributed by atoms with E-state index in [2.05, 4.69) is 17.6 Å². The highest BCUT2D eigenvalue weighted by Gasteiger charge is 2.35. The smallest absolute Gasteiger partial charge is 0.249 e. The molecule has 0 aromatic heterocycles. The SMILES string of the molecule is CC1CCC(N)C(C(=O)NC2CCC(=O)NC2=O)C1. The molecule has 1 aliphatic heterocycles. The maximum atomic E-state index is 12.2. The number of hydrogen-bond acceptors (Lipinski definition) is 4. The molecule has 0 spiro atoms. The first-order chi connectivity index (χ1) is 8.97. The summed E-state index contributed by atoms with van der Waals surface area (Å²) in [4.78, 5) is 34.8. The van der Waals surface area contributed by atoms with E-state index in [1.165, 1.54) is 0 Å². The lowest BCUT2D eigenvalue weighted by Crippen LogP contribution is -2.55. The molecule has 1 aliphatic carbocycles. The Morgan fingerprint density at radius 2 is 2.05 bits per heavy atom. The Morgan fingerprint density at radius 3 is 2.74 bits per heavy atom. The van der Waals surface area contributed by atoms with Gasteiger partial charge in [0, 0.05) is 12.5 Å². The molecule has 1 heterocycles. The third-order valence-corrected chi connectivity index (χ3v) is 4.06. The van der Waals surface area contributed by atoms with E-state index in [1.807, 2.05) is 0 Å². The quantitative estimate of drug-likeness (QED) is 0.596. The number of imide groups is 1. The molecule has 3 amide bonds. The van der Waals surface area contributed by atoms with E-state index in [9.17, 15) is 14.4 Å². The molecular formula is C13H21N3O3. The number of piperidine rings is 1. The Labute approximate surface area is 112 Å². The molecule has 6 nitrogen and oxygen atoms in total. The largest absolute Gasteiger partial charge is 0.344 e. The van der Waals surface area contributed by atoms with Gasteiger partial charge >= 0.3 is 0 Å². The van der Waals surface area contributed by atoms with Gasteiger partial charge in [0.15, 0.2) is 0 Å². The van der Waals surface area contributed by atoms with Crippen LogP contribution in [0.25, 0.3) is 0 Å². The minimum absolute atomic E-state index is 0.135. The monoisotopic (exact) mass is 267 g/mol. The van der Waals surface area contributed by atoms with Gasteiger partial charge in [-0.1, -0.05) is 6.92 Å². The van der Waals surface area contributed by atoms with Gasteiger partial charge in [-0.25, -0.2) is 0 Å². The van der Waals surface area contributed by atoms with Crippen molar-refractivity contribution in [2.45, 2.75) is 51.1 Å². The second-order valence-corrected chi connectivity index (χ2v) is 5.70. The van der Waals surface area contributed by atoms with Crippen molar-refractivity contribution in [3.8, 4) is 0 Å². The number of hydrogen-bond donors (Lipinski definition) is 3.